The van der Waals surface area contributed by atoms with Gasteiger partial charge in [-0.15, -0.1) is 0 Å². The van der Waals surface area contributed by atoms with Crippen molar-refractivity contribution in [2.24, 2.45) is 4.99 Å². The van der Waals surface area contributed by atoms with Gasteiger partial charge in [0, 0.05) is 0 Å². The topological polar surface area (TPSA) is 43.1 Å². The average molecular weight is 400 g/mol. The first-order chi connectivity index (χ1) is 14.7. The second kappa shape index (κ2) is 7.50. The van der Waals surface area contributed by atoms with Gasteiger partial charge < -0.3 is 14.2 Å². The third-order valence-corrected chi connectivity index (χ3v) is 5.91. The fraction of sp³-hybridized carbons (Fsp3) is 0.240. The van der Waals surface area contributed by atoms with Gasteiger partial charge in [0.25, 0.3) is 0 Å². The smallest absolute Gasteiger partial charge is 0.161 e. The van der Waals surface area contributed by atoms with Crippen LogP contribution in [0, 0.1) is 0 Å². The van der Waals surface area contributed by atoms with E-state index in [-0.39, 0.29) is 12.2 Å². The second-order valence-corrected chi connectivity index (χ2v) is 7.48. The summed E-state index contributed by atoms with van der Waals surface area (Å²) < 4.78 is 16.3. The van der Waals surface area contributed by atoms with Crippen LogP contribution < -0.4 is 14.2 Å². The largest absolute Gasteiger partial charge is 0.497 e. The molecule has 0 aromatic heterocycles. The van der Waals surface area contributed by atoms with Crippen LogP contribution in [0.1, 0.15) is 28.9 Å². The zero-order valence-corrected chi connectivity index (χ0v) is 17.3. The van der Waals surface area contributed by atoms with E-state index in [0.29, 0.717) is 6.04 Å². The summed E-state index contributed by atoms with van der Waals surface area (Å²) in [4.78, 5) is 7.58. The minimum atomic E-state index is -0.0582. The Balaban J connectivity index is 1.55. The lowest BCUT2D eigenvalue weighted by Crippen LogP contribution is -2.08. The quantitative estimate of drug-likeness (QED) is 0.566. The molecule has 30 heavy (non-hydrogen) atoms. The highest BCUT2D eigenvalue weighted by molar-refractivity contribution is 6.08. The highest BCUT2D eigenvalue weighted by Crippen LogP contribution is 2.56. The van der Waals surface area contributed by atoms with Crippen LogP contribution in [0.5, 0.6) is 17.2 Å². The Morgan fingerprint density at radius 2 is 1.43 bits per heavy atom. The van der Waals surface area contributed by atoms with Crippen LogP contribution in [0.4, 0.5) is 0 Å². The molecular weight excluding hydrogens is 376 g/mol. The predicted octanol–water partition coefficient (Wildman–Crippen LogP) is 4.64. The highest BCUT2D eigenvalue weighted by Gasteiger charge is 2.59. The molecule has 2 aliphatic heterocycles. The molecule has 152 valence electrons. The molecule has 2 aliphatic rings. The van der Waals surface area contributed by atoms with Crippen LogP contribution >= 0.6 is 0 Å². The zero-order valence-electron chi connectivity index (χ0n) is 17.3. The molecule has 5 nitrogen and oxygen atoms in total. The molecule has 4 atom stereocenters. The first kappa shape index (κ1) is 18.7. The van der Waals surface area contributed by atoms with Crippen molar-refractivity contribution < 1.29 is 14.2 Å². The SMILES string of the molecule is COc1ccc(C2=N[C@H](c3ccc(OC)c(OC)c3)N3[C@H](c4ccccc4)[C@H]23)cc1. The zero-order chi connectivity index (χ0) is 20.7. The number of hydrogen-bond donors (Lipinski definition) is 0. The van der Waals surface area contributed by atoms with Crippen molar-refractivity contribution in [3.8, 4) is 17.2 Å². The summed E-state index contributed by atoms with van der Waals surface area (Å²) in [6.07, 6.45) is -0.0582. The van der Waals surface area contributed by atoms with Gasteiger partial charge in [-0.2, -0.15) is 0 Å². The monoisotopic (exact) mass is 400 g/mol. The van der Waals surface area contributed by atoms with E-state index in [2.05, 4.69) is 53.4 Å². The van der Waals surface area contributed by atoms with E-state index in [9.17, 15) is 0 Å². The maximum Gasteiger partial charge on any atom is 0.161 e. The summed E-state index contributed by atoms with van der Waals surface area (Å²) >= 11 is 0. The van der Waals surface area contributed by atoms with Crippen LogP contribution in [0.15, 0.2) is 77.8 Å². The Labute approximate surface area is 176 Å². The van der Waals surface area contributed by atoms with Gasteiger partial charge in [0.05, 0.1) is 39.1 Å². The lowest BCUT2D eigenvalue weighted by Gasteiger charge is -2.16. The molecule has 1 unspecified atom stereocenters. The highest BCUT2D eigenvalue weighted by atomic mass is 16.5. The van der Waals surface area contributed by atoms with Crippen molar-refractivity contribution in [3.05, 3.63) is 89.5 Å². The van der Waals surface area contributed by atoms with E-state index < -0.39 is 0 Å². The van der Waals surface area contributed by atoms with E-state index in [1.165, 1.54) is 5.56 Å². The van der Waals surface area contributed by atoms with Crippen LogP contribution in [0.25, 0.3) is 0 Å². The molecule has 0 amide bonds. The molecule has 0 saturated carbocycles. The lowest BCUT2D eigenvalue weighted by molar-refractivity contribution is 0.351. The van der Waals surface area contributed by atoms with E-state index in [4.69, 9.17) is 19.2 Å². The molecule has 3 aromatic carbocycles. The Bertz CT molecular complexity index is 1080. The third-order valence-electron chi connectivity index (χ3n) is 5.91. The molecular formula is C25H24N2O3. The summed E-state index contributed by atoms with van der Waals surface area (Å²) in [5.41, 5.74) is 4.66. The van der Waals surface area contributed by atoms with E-state index in [1.807, 2.05) is 24.3 Å². The van der Waals surface area contributed by atoms with Gasteiger partial charge in [-0.1, -0.05) is 36.4 Å². The van der Waals surface area contributed by atoms with Crippen molar-refractivity contribution >= 4 is 5.71 Å². The van der Waals surface area contributed by atoms with Gasteiger partial charge in [0.2, 0.25) is 0 Å². The van der Waals surface area contributed by atoms with Crippen LogP contribution in [-0.2, 0) is 0 Å². The summed E-state index contributed by atoms with van der Waals surface area (Å²) in [6.45, 7) is 0. The van der Waals surface area contributed by atoms with Gasteiger partial charge in [-0.25, -0.2) is 0 Å². The van der Waals surface area contributed by atoms with Crippen LogP contribution in [0.3, 0.4) is 0 Å². The first-order valence-corrected chi connectivity index (χ1v) is 10.0. The number of rotatable bonds is 6. The molecule has 1 saturated heterocycles. The lowest BCUT2D eigenvalue weighted by atomic mass is 10.0. The van der Waals surface area contributed by atoms with Gasteiger partial charge in [0.15, 0.2) is 11.5 Å². The molecule has 0 aliphatic carbocycles. The number of methoxy groups -OCH3 is 3. The van der Waals surface area contributed by atoms with Crippen molar-refractivity contribution in [2.75, 3.05) is 21.3 Å². The maximum absolute atomic E-state index is 5.53. The Hall–Kier alpha value is -3.31. The standard InChI is InChI=1S/C25H24N2O3/c1-28-19-12-9-16(10-13-19)22-24-23(17-7-5-4-6-8-17)27(24)25(26-22)18-11-14-20(29-2)21(15-18)30-3/h4-15,23-25H,1-3H3/t23-,24+,25+,27?/m1/s1. The van der Waals surface area contributed by atoms with E-state index in [0.717, 1.165) is 34.1 Å². The summed E-state index contributed by atoms with van der Waals surface area (Å²) in [7, 11) is 5.00. The number of fused-ring (bicyclic) bond motifs is 1. The molecule has 1 fully saturated rings. The van der Waals surface area contributed by atoms with Gasteiger partial charge >= 0.3 is 0 Å². The molecule has 0 N–H and O–H groups in total. The second-order valence-electron chi connectivity index (χ2n) is 7.48. The van der Waals surface area contributed by atoms with Crippen molar-refractivity contribution in [1.82, 2.24) is 4.90 Å². The molecule has 0 spiro atoms. The summed E-state index contributed by atoms with van der Waals surface area (Å²) in [5.74, 6) is 2.29. The van der Waals surface area contributed by atoms with Gasteiger partial charge in [-0.3, -0.25) is 9.89 Å². The average Bonchev–Trinajstić information content (AvgIpc) is 3.43. The maximum atomic E-state index is 5.53. The first-order valence-electron chi connectivity index (χ1n) is 10.0. The van der Waals surface area contributed by atoms with Crippen molar-refractivity contribution in [3.63, 3.8) is 0 Å². The Morgan fingerprint density at radius 1 is 0.700 bits per heavy atom. The normalized spacial score (nSPS) is 24.0. The van der Waals surface area contributed by atoms with E-state index >= 15 is 0 Å². The van der Waals surface area contributed by atoms with E-state index in [1.54, 1.807) is 21.3 Å². The predicted molar refractivity (Wildman–Crippen MR) is 117 cm³/mol. The molecule has 5 rings (SSSR count). The number of aliphatic imine (C=N–C) groups is 1. The molecule has 5 heteroatoms. The summed E-state index contributed by atoms with van der Waals surface area (Å²) in [5, 5.41) is 0. The molecule has 3 aromatic rings. The Morgan fingerprint density at radius 3 is 2.10 bits per heavy atom. The molecule has 0 radical (unpaired) electrons. The minimum absolute atomic E-state index is 0.0582. The fourth-order valence-electron chi connectivity index (χ4n) is 4.39. The third kappa shape index (κ3) is 3.02. The molecule has 0 bridgehead atoms. The van der Waals surface area contributed by atoms with Gasteiger partial charge in [0.1, 0.15) is 11.9 Å². The molecule has 2 heterocycles. The van der Waals surface area contributed by atoms with Crippen LogP contribution in [-0.4, -0.2) is 38.0 Å². The number of hydrogen-bond acceptors (Lipinski definition) is 5. The Kier molecular flexibility index (Phi) is 4.68. The minimum Gasteiger partial charge on any atom is -0.497 e. The number of nitrogens with zero attached hydrogens (tertiary/aromatic N) is 2. The van der Waals surface area contributed by atoms with Crippen molar-refractivity contribution in [1.29, 1.82) is 0 Å². The fourth-order valence-corrected chi connectivity index (χ4v) is 4.39. The van der Waals surface area contributed by atoms with Crippen molar-refractivity contribution in [2.45, 2.75) is 18.2 Å². The summed E-state index contributed by atoms with van der Waals surface area (Å²) in [6, 6.07) is 25.4. The van der Waals surface area contributed by atoms with Gasteiger partial charge in [-0.05, 0) is 53.1 Å². The number of benzene rings is 3. The van der Waals surface area contributed by atoms with Crippen LogP contribution in [0.2, 0.25) is 0 Å². The number of ether oxygens (including phenoxy) is 3.